The summed E-state index contributed by atoms with van der Waals surface area (Å²) in [4.78, 5) is 0.269. The molecule has 0 aromatic heterocycles. The molecule has 0 saturated heterocycles. The summed E-state index contributed by atoms with van der Waals surface area (Å²) in [5.41, 5.74) is 1.32. The number of hydrogen-bond donors (Lipinski definition) is 0. The van der Waals surface area contributed by atoms with E-state index in [2.05, 4.69) is 6.07 Å². The largest absolute Gasteiger partial charge is 0.224 e. The van der Waals surface area contributed by atoms with Crippen LogP contribution in [-0.2, 0) is 9.84 Å². The summed E-state index contributed by atoms with van der Waals surface area (Å²) in [6.07, 6.45) is 1.17. The maximum absolute atomic E-state index is 11.3. The van der Waals surface area contributed by atoms with Gasteiger partial charge in [0.05, 0.1) is 16.5 Å². The zero-order valence-electron chi connectivity index (χ0n) is 8.98. The van der Waals surface area contributed by atoms with Crippen LogP contribution in [0.25, 0.3) is 0 Å². The van der Waals surface area contributed by atoms with Crippen molar-refractivity contribution < 1.29 is 8.42 Å². The average molecular weight is 223 g/mol. The van der Waals surface area contributed by atoms with Gasteiger partial charge in [-0.05, 0) is 29.7 Å². The molecule has 0 fully saturated rings. The molecule has 0 atom stereocenters. The SMILES string of the molecule is CC(C)c1cc(S(C)(=O)=O)ccc1C#N. The Morgan fingerprint density at radius 1 is 1.33 bits per heavy atom. The van der Waals surface area contributed by atoms with Gasteiger partial charge in [-0.25, -0.2) is 8.42 Å². The normalized spacial score (nSPS) is 11.4. The van der Waals surface area contributed by atoms with Gasteiger partial charge >= 0.3 is 0 Å². The lowest BCUT2D eigenvalue weighted by Gasteiger charge is -2.09. The predicted octanol–water partition coefficient (Wildman–Crippen LogP) is 2.09. The van der Waals surface area contributed by atoms with Crippen molar-refractivity contribution in [3.63, 3.8) is 0 Å². The summed E-state index contributed by atoms with van der Waals surface area (Å²) in [7, 11) is -3.19. The molecule has 4 heteroatoms. The molecule has 3 nitrogen and oxygen atoms in total. The summed E-state index contributed by atoms with van der Waals surface area (Å²) < 4.78 is 22.6. The predicted molar refractivity (Wildman–Crippen MR) is 58.4 cm³/mol. The standard InChI is InChI=1S/C11H13NO2S/c1-8(2)11-6-10(15(3,13)14)5-4-9(11)7-12/h4-6,8H,1-3H3. The minimum Gasteiger partial charge on any atom is -0.224 e. The van der Waals surface area contributed by atoms with E-state index in [0.717, 1.165) is 5.56 Å². The lowest BCUT2D eigenvalue weighted by atomic mass is 9.98. The Labute approximate surface area is 90.3 Å². The van der Waals surface area contributed by atoms with Crippen molar-refractivity contribution in [3.05, 3.63) is 29.3 Å². The molecule has 0 spiro atoms. The Kier molecular flexibility index (Phi) is 3.15. The van der Waals surface area contributed by atoms with Crippen LogP contribution in [0, 0.1) is 11.3 Å². The number of nitrogens with zero attached hydrogens (tertiary/aromatic N) is 1. The van der Waals surface area contributed by atoms with Crippen molar-refractivity contribution >= 4 is 9.84 Å². The van der Waals surface area contributed by atoms with Crippen molar-refractivity contribution in [2.24, 2.45) is 0 Å². The molecule has 0 unspecified atom stereocenters. The van der Waals surface area contributed by atoms with Crippen molar-refractivity contribution in [2.75, 3.05) is 6.26 Å². The summed E-state index contributed by atoms with van der Waals surface area (Å²) in [6, 6.07) is 6.68. The second-order valence-electron chi connectivity index (χ2n) is 3.79. The molecule has 0 radical (unpaired) electrons. The molecule has 1 aromatic carbocycles. The molecule has 0 aliphatic rings. The summed E-state index contributed by atoms with van der Waals surface area (Å²) in [5.74, 6) is 0.140. The average Bonchev–Trinajstić information content (AvgIpc) is 2.15. The Morgan fingerprint density at radius 3 is 2.33 bits per heavy atom. The van der Waals surface area contributed by atoms with Crippen LogP contribution in [0.2, 0.25) is 0 Å². The number of rotatable bonds is 2. The van der Waals surface area contributed by atoms with E-state index in [4.69, 9.17) is 5.26 Å². The highest BCUT2D eigenvalue weighted by atomic mass is 32.2. The number of benzene rings is 1. The highest BCUT2D eigenvalue weighted by Gasteiger charge is 2.12. The number of sulfone groups is 1. The van der Waals surface area contributed by atoms with Crippen LogP contribution < -0.4 is 0 Å². The van der Waals surface area contributed by atoms with E-state index in [-0.39, 0.29) is 10.8 Å². The third kappa shape index (κ3) is 2.57. The topological polar surface area (TPSA) is 57.9 Å². The minimum absolute atomic E-state index is 0.140. The van der Waals surface area contributed by atoms with E-state index in [0.29, 0.717) is 5.56 Å². The maximum Gasteiger partial charge on any atom is 0.175 e. The third-order valence-electron chi connectivity index (χ3n) is 2.19. The van der Waals surface area contributed by atoms with Gasteiger partial charge in [-0.1, -0.05) is 13.8 Å². The Morgan fingerprint density at radius 2 is 1.93 bits per heavy atom. The van der Waals surface area contributed by atoms with Gasteiger partial charge in [0, 0.05) is 6.26 Å². The molecule has 80 valence electrons. The van der Waals surface area contributed by atoms with Crippen LogP contribution in [0.4, 0.5) is 0 Å². The van der Waals surface area contributed by atoms with Gasteiger partial charge in [-0.3, -0.25) is 0 Å². The van der Waals surface area contributed by atoms with Crippen LogP contribution in [-0.4, -0.2) is 14.7 Å². The van der Waals surface area contributed by atoms with Gasteiger partial charge in [-0.15, -0.1) is 0 Å². The molecule has 0 amide bonds. The van der Waals surface area contributed by atoms with E-state index in [1.54, 1.807) is 12.1 Å². The maximum atomic E-state index is 11.3. The Bertz CT molecular complexity index is 510. The first-order valence-corrected chi connectivity index (χ1v) is 6.49. The van der Waals surface area contributed by atoms with Crippen LogP contribution >= 0.6 is 0 Å². The molecule has 1 aromatic rings. The molecule has 0 aliphatic carbocycles. The van der Waals surface area contributed by atoms with Crippen molar-refractivity contribution in [3.8, 4) is 6.07 Å². The number of nitriles is 1. The fourth-order valence-electron chi connectivity index (χ4n) is 1.35. The van der Waals surface area contributed by atoms with Crippen LogP contribution in [0.1, 0.15) is 30.9 Å². The summed E-state index contributed by atoms with van der Waals surface area (Å²) >= 11 is 0. The first-order valence-electron chi connectivity index (χ1n) is 4.60. The first kappa shape index (κ1) is 11.7. The van der Waals surface area contributed by atoms with Gasteiger partial charge in [0.15, 0.2) is 9.84 Å². The quantitative estimate of drug-likeness (QED) is 0.771. The molecule has 0 saturated carbocycles. The number of hydrogen-bond acceptors (Lipinski definition) is 3. The van der Waals surface area contributed by atoms with E-state index in [1.165, 1.54) is 12.3 Å². The van der Waals surface area contributed by atoms with Crippen molar-refractivity contribution in [2.45, 2.75) is 24.7 Å². The molecular weight excluding hydrogens is 210 g/mol. The van der Waals surface area contributed by atoms with Gasteiger partial charge in [0.1, 0.15) is 0 Å². The fraction of sp³-hybridized carbons (Fsp3) is 0.364. The lowest BCUT2D eigenvalue weighted by molar-refractivity contribution is 0.601. The van der Waals surface area contributed by atoms with Gasteiger partial charge in [-0.2, -0.15) is 5.26 Å². The smallest absolute Gasteiger partial charge is 0.175 e. The molecule has 0 heterocycles. The van der Waals surface area contributed by atoms with Crippen molar-refractivity contribution in [1.29, 1.82) is 5.26 Å². The first-order chi connectivity index (χ1) is 6.86. The molecule has 0 N–H and O–H groups in total. The molecular formula is C11H13NO2S. The van der Waals surface area contributed by atoms with Crippen LogP contribution in [0.15, 0.2) is 23.1 Å². The Hall–Kier alpha value is -1.34. The highest BCUT2D eigenvalue weighted by molar-refractivity contribution is 7.90. The molecule has 15 heavy (non-hydrogen) atoms. The fourth-order valence-corrected chi connectivity index (χ4v) is 2.01. The zero-order chi connectivity index (χ0) is 11.6. The van der Waals surface area contributed by atoms with E-state index in [9.17, 15) is 8.42 Å². The minimum atomic E-state index is -3.19. The van der Waals surface area contributed by atoms with Gasteiger partial charge in [0.2, 0.25) is 0 Å². The molecule has 0 bridgehead atoms. The lowest BCUT2D eigenvalue weighted by Crippen LogP contribution is -2.01. The second-order valence-corrected chi connectivity index (χ2v) is 5.80. The zero-order valence-corrected chi connectivity index (χ0v) is 9.80. The van der Waals surface area contributed by atoms with Crippen LogP contribution in [0.5, 0.6) is 0 Å². The summed E-state index contributed by atoms with van der Waals surface area (Å²) in [5, 5.41) is 8.86. The van der Waals surface area contributed by atoms with E-state index in [1.807, 2.05) is 13.8 Å². The monoisotopic (exact) mass is 223 g/mol. The second kappa shape index (κ2) is 4.03. The van der Waals surface area contributed by atoms with Gasteiger partial charge in [0.25, 0.3) is 0 Å². The van der Waals surface area contributed by atoms with E-state index < -0.39 is 9.84 Å². The highest BCUT2D eigenvalue weighted by Crippen LogP contribution is 2.22. The van der Waals surface area contributed by atoms with Gasteiger partial charge < -0.3 is 0 Å². The Balaban J connectivity index is 3.43. The van der Waals surface area contributed by atoms with E-state index >= 15 is 0 Å². The van der Waals surface area contributed by atoms with Crippen molar-refractivity contribution in [1.82, 2.24) is 0 Å². The van der Waals surface area contributed by atoms with Crippen LogP contribution in [0.3, 0.4) is 0 Å². The summed E-state index contributed by atoms with van der Waals surface area (Å²) in [6.45, 7) is 3.87. The third-order valence-corrected chi connectivity index (χ3v) is 3.30. The molecule has 0 aliphatic heterocycles. The molecule has 1 rings (SSSR count).